The molecule has 0 aliphatic rings. The number of phenols is 2. The number of carbonyl (C=O) groups is 2. The van der Waals surface area contributed by atoms with Gasteiger partial charge in [-0.2, -0.15) is 0 Å². The summed E-state index contributed by atoms with van der Waals surface area (Å²) in [6.07, 6.45) is 17.5. The average molecular weight is 919 g/mol. The molecule has 9 heteroatoms. The molecule has 0 heterocycles. The highest BCUT2D eigenvalue weighted by molar-refractivity contribution is 5.73. The zero-order chi connectivity index (χ0) is 49.6. The van der Waals surface area contributed by atoms with Gasteiger partial charge in [-0.1, -0.05) is 105 Å². The van der Waals surface area contributed by atoms with E-state index in [9.17, 15) is 19.8 Å². The molecule has 9 nitrogen and oxygen atoms in total. The van der Waals surface area contributed by atoms with Crippen molar-refractivity contribution in [2.75, 3.05) is 13.2 Å². The van der Waals surface area contributed by atoms with Gasteiger partial charge >= 0.3 is 11.9 Å². The lowest BCUT2D eigenvalue weighted by Gasteiger charge is -2.28. The standard InChI is InChI=1S/C31H46O5.C17H26O3.C6H12O.C2H2.CH4/c1-8-10-19-34-23(4)35-29-17-13-25(14-18-29)22(3)20-27(26-11-15-28(32)16-12-26)21-24(9-2)30(33)36-31(5,6)7;1-6-13(16(19)20-17(3,4)5)11-12(2)14-7-9-15(18)10-8-14;1-3-5-6-7-4-2;1-2;/h11-18,22-24,27,32H,8-10,19-21H2,1-7H3;7-10,12-13,18H,6,11H2,1-5H3;4H,2-3,5-6H2,1H3;1-2H;1H4. The molecule has 0 bridgehead atoms. The minimum absolute atomic E-state index is 0. The minimum Gasteiger partial charge on any atom is -0.508 e. The van der Waals surface area contributed by atoms with E-state index in [-0.39, 0.29) is 66.7 Å². The number of hydrogen-bond acceptors (Lipinski definition) is 9. The number of hydrogen-bond donors (Lipinski definition) is 2. The Balaban J connectivity index is 0. The first kappa shape index (κ1) is 63.1. The van der Waals surface area contributed by atoms with Gasteiger partial charge in [-0.15, -0.1) is 12.8 Å². The van der Waals surface area contributed by atoms with Gasteiger partial charge in [0.1, 0.15) is 28.5 Å². The summed E-state index contributed by atoms with van der Waals surface area (Å²) in [5, 5.41) is 19.1. The van der Waals surface area contributed by atoms with Crippen LogP contribution in [0.15, 0.2) is 85.6 Å². The number of carbonyl (C=O) groups excluding carboxylic acids is 2. The number of rotatable bonds is 23. The van der Waals surface area contributed by atoms with Crippen molar-refractivity contribution >= 4 is 11.9 Å². The van der Waals surface area contributed by atoms with Crippen molar-refractivity contribution in [3.8, 4) is 30.1 Å². The van der Waals surface area contributed by atoms with Crippen LogP contribution in [0, 0.1) is 24.7 Å². The molecule has 3 rings (SSSR count). The number of aromatic hydroxyl groups is 2. The van der Waals surface area contributed by atoms with Crippen LogP contribution in [0.2, 0.25) is 0 Å². The van der Waals surface area contributed by atoms with Gasteiger partial charge in [-0.3, -0.25) is 9.59 Å². The van der Waals surface area contributed by atoms with Gasteiger partial charge in [0.2, 0.25) is 0 Å². The third-order valence-corrected chi connectivity index (χ3v) is 10.5. The first-order valence-corrected chi connectivity index (χ1v) is 23.6. The van der Waals surface area contributed by atoms with E-state index in [1.807, 2.05) is 98.7 Å². The summed E-state index contributed by atoms with van der Waals surface area (Å²) >= 11 is 0. The molecule has 3 aromatic rings. The molecule has 2 N–H and O–H groups in total. The van der Waals surface area contributed by atoms with E-state index >= 15 is 0 Å². The largest absolute Gasteiger partial charge is 0.508 e. The SMILES string of the molecule is C.C#C.C=COCCCC.CCC(CC(C)c1ccc(O)cc1)C(=O)OC(C)(C)C.CCCCOC(C)Oc1ccc(C(C)CC(CC(CC)C(=O)OC(C)(C)C)c2ccc(O)cc2)cc1. The Morgan fingerprint density at radius 1 is 0.621 bits per heavy atom. The molecule has 0 amide bonds. The smallest absolute Gasteiger partial charge is 0.309 e. The highest BCUT2D eigenvalue weighted by Gasteiger charge is 2.29. The van der Waals surface area contributed by atoms with E-state index < -0.39 is 11.2 Å². The van der Waals surface area contributed by atoms with Crippen molar-refractivity contribution in [1.29, 1.82) is 0 Å². The molecule has 372 valence electrons. The molecule has 0 saturated carbocycles. The van der Waals surface area contributed by atoms with Crippen LogP contribution < -0.4 is 4.74 Å². The lowest BCUT2D eigenvalue weighted by molar-refractivity contribution is -0.161. The zero-order valence-electron chi connectivity index (χ0n) is 42.4. The molecule has 6 atom stereocenters. The maximum absolute atomic E-state index is 12.9. The Bertz CT molecular complexity index is 1720. The van der Waals surface area contributed by atoms with Crippen molar-refractivity contribution in [2.45, 2.75) is 190 Å². The number of phenolic OH excluding ortho intramolecular Hbond substituents is 2. The lowest BCUT2D eigenvalue weighted by Crippen LogP contribution is -2.29. The Kier molecular flexibility index (Phi) is 32.9. The molecule has 0 radical (unpaired) electrons. The Morgan fingerprint density at radius 3 is 1.42 bits per heavy atom. The van der Waals surface area contributed by atoms with Crippen LogP contribution >= 0.6 is 0 Å². The van der Waals surface area contributed by atoms with Crippen molar-refractivity contribution < 1.29 is 43.5 Å². The highest BCUT2D eigenvalue weighted by atomic mass is 16.7. The summed E-state index contributed by atoms with van der Waals surface area (Å²) in [5.41, 5.74) is 2.53. The van der Waals surface area contributed by atoms with Crippen LogP contribution in [0.1, 0.15) is 190 Å². The molecule has 0 fully saturated rings. The fraction of sp³-hybridized carbons (Fsp3) is 0.579. The Morgan fingerprint density at radius 2 is 1.02 bits per heavy atom. The second-order valence-corrected chi connectivity index (χ2v) is 18.5. The monoisotopic (exact) mass is 919 g/mol. The minimum atomic E-state index is -0.506. The highest BCUT2D eigenvalue weighted by Crippen LogP contribution is 2.37. The van der Waals surface area contributed by atoms with Crippen LogP contribution in [-0.2, 0) is 28.5 Å². The Labute approximate surface area is 402 Å². The first-order chi connectivity index (χ1) is 30.7. The quantitative estimate of drug-likeness (QED) is 0.0315. The van der Waals surface area contributed by atoms with Crippen molar-refractivity contribution in [3.63, 3.8) is 0 Å². The molecule has 66 heavy (non-hydrogen) atoms. The summed E-state index contributed by atoms with van der Waals surface area (Å²) < 4.78 is 27.6. The van der Waals surface area contributed by atoms with Crippen LogP contribution in [-0.4, -0.2) is 52.9 Å². The third-order valence-electron chi connectivity index (χ3n) is 10.5. The molecule has 0 spiro atoms. The summed E-state index contributed by atoms with van der Waals surface area (Å²) in [6.45, 7) is 30.9. The van der Waals surface area contributed by atoms with Gasteiger partial charge in [-0.05, 0) is 164 Å². The summed E-state index contributed by atoms with van der Waals surface area (Å²) in [7, 11) is 0. The fourth-order valence-corrected chi connectivity index (χ4v) is 6.82. The molecule has 6 unspecified atom stereocenters. The maximum atomic E-state index is 12.9. The second kappa shape index (κ2) is 34.4. The topological polar surface area (TPSA) is 121 Å². The molecular formula is C57H90O9. The van der Waals surface area contributed by atoms with Gasteiger partial charge in [0.25, 0.3) is 0 Å². The van der Waals surface area contributed by atoms with E-state index in [2.05, 4.69) is 59.3 Å². The zero-order valence-corrected chi connectivity index (χ0v) is 42.4. The second-order valence-electron chi connectivity index (χ2n) is 18.5. The van der Waals surface area contributed by atoms with Crippen molar-refractivity contribution in [1.82, 2.24) is 0 Å². The van der Waals surface area contributed by atoms with E-state index in [1.54, 1.807) is 24.3 Å². The first-order valence-electron chi connectivity index (χ1n) is 23.6. The van der Waals surface area contributed by atoms with Gasteiger partial charge in [0.05, 0.1) is 31.3 Å². The van der Waals surface area contributed by atoms with E-state index in [1.165, 1.54) is 18.2 Å². The van der Waals surface area contributed by atoms with Crippen LogP contribution in [0.3, 0.4) is 0 Å². The third kappa shape index (κ3) is 28.2. The number of ether oxygens (including phenoxy) is 5. The molecule has 0 aromatic heterocycles. The molecule has 3 aromatic carbocycles. The number of unbranched alkanes of at least 4 members (excludes halogenated alkanes) is 2. The summed E-state index contributed by atoms with van der Waals surface area (Å²) in [5.74, 6) is 1.46. The van der Waals surface area contributed by atoms with E-state index in [4.69, 9.17) is 23.7 Å². The Hall–Kier alpha value is -4.94. The van der Waals surface area contributed by atoms with E-state index in [0.717, 1.165) is 68.4 Å². The van der Waals surface area contributed by atoms with Crippen LogP contribution in [0.4, 0.5) is 0 Å². The number of esters is 2. The fourth-order valence-electron chi connectivity index (χ4n) is 6.82. The summed E-state index contributed by atoms with van der Waals surface area (Å²) in [6, 6.07) is 22.7. The van der Waals surface area contributed by atoms with Gasteiger partial charge in [0, 0.05) is 0 Å². The molecule has 0 aliphatic carbocycles. The maximum Gasteiger partial charge on any atom is 0.309 e. The normalized spacial score (nSPS) is 13.6. The van der Waals surface area contributed by atoms with E-state index in [0.29, 0.717) is 13.0 Å². The number of terminal acetylenes is 1. The van der Waals surface area contributed by atoms with Gasteiger partial charge in [-0.25, -0.2) is 0 Å². The lowest BCUT2D eigenvalue weighted by atomic mass is 9.80. The van der Waals surface area contributed by atoms with Crippen molar-refractivity contribution in [2.24, 2.45) is 11.8 Å². The molecular weight excluding hydrogens is 829 g/mol. The van der Waals surface area contributed by atoms with Gasteiger partial charge in [0.15, 0.2) is 6.29 Å². The average Bonchev–Trinajstić information content (AvgIpc) is 3.25. The summed E-state index contributed by atoms with van der Waals surface area (Å²) in [4.78, 5) is 25.0. The molecule has 0 saturated heterocycles. The molecule has 0 aliphatic heterocycles. The predicted molar refractivity (Wildman–Crippen MR) is 274 cm³/mol. The predicted octanol–water partition coefficient (Wildman–Crippen LogP) is 15.1. The van der Waals surface area contributed by atoms with Gasteiger partial charge < -0.3 is 33.9 Å². The van der Waals surface area contributed by atoms with Crippen molar-refractivity contribution in [3.05, 3.63) is 102 Å². The van der Waals surface area contributed by atoms with Crippen LogP contribution in [0.5, 0.6) is 17.2 Å². The van der Waals surface area contributed by atoms with Crippen LogP contribution in [0.25, 0.3) is 0 Å². The number of benzene rings is 3.